The van der Waals surface area contributed by atoms with E-state index in [0.29, 0.717) is 18.4 Å². The van der Waals surface area contributed by atoms with Gasteiger partial charge >= 0.3 is 0 Å². The minimum Gasteiger partial charge on any atom is -0.335 e. The largest absolute Gasteiger partial charge is 0.335 e. The Kier molecular flexibility index (Phi) is 2.48. The number of piperidine rings is 1. The fourth-order valence-electron chi connectivity index (χ4n) is 5.44. The minimum absolute atomic E-state index is 0.127. The number of carbonyl (C=O) groups excluding carboxylic acids is 1. The number of aromatic nitrogens is 1. The van der Waals surface area contributed by atoms with Crippen molar-refractivity contribution in [2.24, 2.45) is 5.41 Å². The van der Waals surface area contributed by atoms with Crippen molar-refractivity contribution in [3.05, 3.63) is 35.5 Å². The van der Waals surface area contributed by atoms with Gasteiger partial charge in [-0.05, 0) is 43.9 Å². The first kappa shape index (κ1) is 12.9. The summed E-state index contributed by atoms with van der Waals surface area (Å²) >= 11 is 0. The van der Waals surface area contributed by atoms with Crippen molar-refractivity contribution in [2.45, 2.75) is 45.2 Å². The van der Waals surface area contributed by atoms with Gasteiger partial charge in [0.25, 0.3) is 0 Å². The normalized spacial score (nSPS) is 30.6. The number of nitrogens with zero attached hydrogens (tertiary/aromatic N) is 2. The molecular formula is C19H22N2O. The molecule has 0 radical (unpaired) electrons. The summed E-state index contributed by atoms with van der Waals surface area (Å²) in [6.07, 6.45) is 4.36. The molecule has 1 aromatic heterocycles. The molecule has 114 valence electrons. The fourth-order valence-corrected chi connectivity index (χ4v) is 5.44. The second-order valence-corrected chi connectivity index (χ2v) is 7.19. The van der Waals surface area contributed by atoms with E-state index in [0.717, 1.165) is 32.4 Å². The standard InChI is InChI=1S/C19H22N2O/c1-2-19-9-5-10-20-11-8-14-13-6-3-4-7-15(13)21(12-16(19)22)17(14)18(19)20/h3-4,6-7,18H,2,5,8-12H2,1H3/t18-,19+/m1/s1. The summed E-state index contributed by atoms with van der Waals surface area (Å²) < 4.78 is 2.34. The topological polar surface area (TPSA) is 25.2 Å². The summed E-state index contributed by atoms with van der Waals surface area (Å²) in [5, 5.41) is 1.38. The lowest BCUT2D eigenvalue weighted by molar-refractivity contribution is -0.141. The van der Waals surface area contributed by atoms with Gasteiger partial charge in [-0.1, -0.05) is 25.1 Å². The molecule has 1 aromatic carbocycles. The number of Topliss-reactive ketones (excluding diaryl/α,β-unsaturated/α-hetero) is 1. The van der Waals surface area contributed by atoms with Gasteiger partial charge in [-0.3, -0.25) is 9.69 Å². The molecule has 3 aliphatic heterocycles. The zero-order chi connectivity index (χ0) is 14.9. The van der Waals surface area contributed by atoms with Gasteiger partial charge in [-0.25, -0.2) is 0 Å². The van der Waals surface area contributed by atoms with E-state index in [1.54, 1.807) is 0 Å². The van der Waals surface area contributed by atoms with E-state index in [2.05, 4.69) is 40.7 Å². The lowest BCUT2D eigenvalue weighted by atomic mass is 9.64. The minimum atomic E-state index is -0.127. The maximum absolute atomic E-state index is 13.1. The van der Waals surface area contributed by atoms with Crippen molar-refractivity contribution in [3.8, 4) is 0 Å². The molecule has 1 fully saturated rings. The van der Waals surface area contributed by atoms with Crippen LogP contribution in [0.5, 0.6) is 0 Å². The summed E-state index contributed by atoms with van der Waals surface area (Å²) in [5.74, 6) is 0.464. The molecule has 0 aliphatic carbocycles. The quantitative estimate of drug-likeness (QED) is 0.806. The molecule has 0 bridgehead atoms. The molecule has 3 nitrogen and oxygen atoms in total. The lowest BCUT2D eigenvalue weighted by Gasteiger charge is -2.53. The van der Waals surface area contributed by atoms with E-state index in [-0.39, 0.29) is 5.41 Å². The summed E-state index contributed by atoms with van der Waals surface area (Å²) in [7, 11) is 0. The first-order chi connectivity index (χ1) is 10.8. The number of carbonyl (C=O) groups is 1. The van der Waals surface area contributed by atoms with E-state index in [9.17, 15) is 4.79 Å². The molecule has 0 spiro atoms. The summed E-state index contributed by atoms with van der Waals surface area (Å²) in [4.78, 5) is 15.7. The summed E-state index contributed by atoms with van der Waals surface area (Å²) in [5.41, 5.74) is 4.12. The van der Waals surface area contributed by atoms with E-state index in [1.165, 1.54) is 28.6 Å². The Morgan fingerprint density at radius 1 is 1.27 bits per heavy atom. The molecule has 22 heavy (non-hydrogen) atoms. The van der Waals surface area contributed by atoms with Crippen LogP contribution in [-0.2, 0) is 17.8 Å². The van der Waals surface area contributed by atoms with Gasteiger partial charge in [-0.2, -0.15) is 0 Å². The van der Waals surface area contributed by atoms with Gasteiger partial charge in [0.1, 0.15) is 0 Å². The molecule has 2 aromatic rings. The first-order valence-electron chi connectivity index (χ1n) is 8.63. The molecule has 3 heteroatoms. The summed E-state index contributed by atoms with van der Waals surface area (Å²) in [6, 6.07) is 8.98. The molecule has 0 unspecified atom stereocenters. The number of hydrogen-bond donors (Lipinski definition) is 0. The van der Waals surface area contributed by atoms with Crippen LogP contribution in [0.25, 0.3) is 10.9 Å². The van der Waals surface area contributed by atoms with Crippen LogP contribution >= 0.6 is 0 Å². The number of para-hydroxylation sites is 1. The monoisotopic (exact) mass is 294 g/mol. The smallest absolute Gasteiger partial charge is 0.160 e. The number of hydrogen-bond acceptors (Lipinski definition) is 2. The van der Waals surface area contributed by atoms with E-state index >= 15 is 0 Å². The van der Waals surface area contributed by atoms with Gasteiger partial charge in [0, 0.05) is 23.1 Å². The maximum Gasteiger partial charge on any atom is 0.160 e. The molecule has 4 heterocycles. The van der Waals surface area contributed by atoms with E-state index in [4.69, 9.17) is 0 Å². The molecule has 1 saturated heterocycles. The third kappa shape index (κ3) is 1.34. The average Bonchev–Trinajstić information content (AvgIpc) is 2.89. The third-order valence-corrected chi connectivity index (χ3v) is 6.47. The second kappa shape index (κ2) is 4.23. The van der Waals surface area contributed by atoms with Crippen molar-refractivity contribution < 1.29 is 4.79 Å². The first-order valence-corrected chi connectivity index (χ1v) is 8.63. The molecule has 0 saturated carbocycles. The fraction of sp³-hybridized carbons (Fsp3) is 0.526. The Morgan fingerprint density at radius 2 is 2.14 bits per heavy atom. The number of fused-ring (bicyclic) bond motifs is 3. The van der Waals surface area contributed by atoms with Gasteiger partial charge < -0.3 is 4.57 Å². The van der Waals surface area contributed by atoms with Crippen LogP contribution in [-0.4, -0.2) is 28.3 Å². The van der Waals surface area contributed by atoms with Gasteiger partial charge in [-0.15, -0.1) is 0 Å². The highest BCUT2D eigenvalue weighted by molar-refractivity contribution is 5.93. The van der Waals surface area contributed by atoms with Gasteiger partial charge in [0.2, 0.25) is 0 Å². The highest BCUT2D eigenvalue weighted by atomic mass is 16.1. The number of rotatable bonds is 1. The van der Waals surface area contributed by atoms with Gasteiger partial charge in [0.15, 0.2) is 5.78 Å². The highest BCUT2D eigenvalue weighted by Crippen LogP contribution is 2.55. The van der Waals surface area contributed by atoms with Crippen LogP contribution in [0.1, 0.15) is 43.5 Å². The highest BCUT2D eigenvalue weighted by Gasteiger charge is 2.54. The average molecular weight is 294 g/mol. The maximum atomic E-state index is 13.1. The Morgan fingerprint density at radius 3 is 3.00 bits per heavy atom. The molecule has 5 rings (SSSR count). The Balaban J connectivity index is 1.86. The molecule has 0 amide bonds. The van der Waals surface area contributed by atoms with Gasteiger partial charge in [0.05, 0.1) is 18.0 Å². The number of ketones is 1. The Bertz CT molecular complexity index is 790. The predicted octanol–water partition coefficient (Wildman–Crippen LogP) is 3.31. The lowest BCUT2D eigenvalue weighted by Crippen LogP contribution is -2.56. The van der Waals surface area contributed by atoms with Crippen molar-refractivity contribution >= 4 is 16.7 Å². The van der Waals surface area contributed by atoms with Crippen LogP contribution in [0.3, 0.4) is 0 Å². The molecule has 3 aliphatic rings. The molecule has 0 N–H and O–H groups in total. The zero-order valence-electron chi connectivity index (χ0n) is 13.1. The van der Waals surface area contributed by atoms with Crippen LogP contribution in [0.15, 0.2) is 24.3 Å². The van der Waals surface area contributed by atoms with E-state index < -0.39 is 0 Å². The van der Waals surface area contributed by atoms with Crippen molar-refractivity contribution in [1.29, 1.82) is 0 Å². The van der Waals surface area contributed by atoms with Crippen LogP contribution in [0, 0.1) is 5.41 Å². The summed E-state index contributed by atoms with van der Waals surface area (Å²) in [6.45, 7) is 5.06. The van der Waals surface area contributed by atoms with E-state index in [1.807, 2.05) is 0 Å². The number of benzene rings is 1. The molecule has 2 atom stereocenters. The Labute approximate surface area is 130 Å². The SMILES string of the molecule is CC[C@]12CCCN3CCc4c(n(c5ccccc45)CC1=O)[C@@H]32. The predicted molar refractivity (Wildman–Crippen MR) is 86.9 cm³/mol. The van der Waals surface area contributed by atoms with Crippen LogP contribution in [0.2, 0.25) is 0 Å². The van der Waals surface area contributed by atoms with Crippen LogP contribution in [0.4, 0.5) is 0 Å². The third-order valence-electron chi connectivity index (χ3n) is 6.47. The van der Waals surface area contributed by atoms with Crippen molar-refractivity contribution in [3.63, 3.8) is 0 Å². The zero-order valence-corrected chi connectivity index (χ0v) is 13.1. The second-order valence-electron chi connectivity index (χ2n) is 7.19. The Hall–Kier alpha value is -1.61. The van der Waals surface area contributed by atoms with Crippen molar-refractivity contribution in [1.82, 2.24) is 9.47 Å². The molecular weight excluding hydrogens is 272 g/mol. The van der Waals surface area contributed by atoms with Crippen molar-refractivity contribution in [2.75, 3.05) is 13.1 Å². The van der Waals surface area contributed by atoms with Crippen LogP contribution < -0.4 is 0 Å².